The summed E-state index contributed by atoms with van der Waals surface area (Å²) in [7, 11) is 0. The number of carbonyl (C=O) groups excluding carboxylic acids is 3. The molecule has 14 heteroatoms. The quantitative estimate of drug-likeness (QED) is 0.190. The number of nitrogens with one attached hydrogen (secondary N) is 1. The predicted molar refractivity (Wildman–Crippen MR) is 158 cm³/mol. The smallest absolute Gasteiger partial charge is 0.248 e. The van der Waals surface area contributed by atoms with Crippen molar-refractivity contribution < 1.29 is 24.6 Å². The van der Waals surface area contributed by atoms with Crippen LogP contribution < -0.4 is 5.32 Å². The van der Waals surface area contributed by atoms with Crippen LogP contribution in [0.2, 0.25) is 0 Å². The van der Waals surface area contributed by atoms with Crippen molar-refractivity contribution in [3.05, 3.63) is 58.5 Å². The molecule has 1 saturated heterocycles. The molecule has 13 nitrogen and oxygen atoms in total. The number of aliphatic hydroxyl groups excluding tert-OH is 2. The second kappa shape index (κ2) is 10.8. The number of anilines is 1. The first-order chi connectivity index (χ1) is 20.5. The van der Waals surface area contributed by atoms with Gasteiger partial charge in [-0.2, -0.15) is 5.10 Å². The van der Waals surface area contributed by atoms with E-state index in [0.717, 1.165) is 6.42 Å². The topological polar surface area (TPSA) is 176 Å². The highest BCUT2D eigenvalue weighted by Gasteiger charge is 2.64. The van der Waals surface area contributed by atoms with Crippen molar-refractivity contribution in [2.45, 2.75) is 58.3 Å². The van der Waals surface area contributed by atoms with Crippen LogP contribution in [0.5, 0.6) is 0 Å². The van der Waals surface area contributed by atoms with Crippen LogP contribution in [0.15, 0.2) is 41.4 Å². The van der Waals surface area contributed by atoms with Crippen LogP contribution in [-0.2, 0) is 16.1 Å². The molecular formula is C29H29BrN8O5. The van der Waals surface area contributed by atoms with Gasteiger partial charge in [0.25, 0.3) is 0 Å². The molecule has 4 aromatic heterocycles. The number of ketones is 1. The monoisotopic (exact) mass is 648 g/mol. The fourth-order valence-electron chi connectivity index (χ4n) is 5.82. The van der Waals surface area contributed by atoms with E-state index in [-0.39, 0.29) is 46.8 Å². The van der Waals surface area contributed by atoms with Crippen molar-refractivity contribution in [2.75, 3.05) is 11.9 Å². The van der Waals surface area contributed by atoms with E-state index < -0.39 is 24.7 Å². The number of rotatable bonds is 8. The molecule has 4 atom stereocenters. The number of hydrogen-bond acceptors (Lipinski definition) is 10. The summed E-state index contributed by atoms with van der Waals surface area (Å²) in [6, 6.07) is 4.00. The Morgan fingerprint density at radius 1 is 1.16 bits per heavy atom. The normalized spacial score (nSPS) is 21.5. The summed E-state index contributed by atoms with van der Waals surface area (Å²) in [6.07, 6.45) is 4.87. The van der Waals surface area contributed by atoms with Crippen LogP contribution in [0.1, 0.15) is 54.7 Å². The number of amides is 2. The lowest BCUT2D eigenvalue weighted by atomic mass is 10.0. The van der Waals surface area contributed by atoms with E-state index in [1.54, 1.807) is 48.6 Å². The standard InChI is InChI=1S/C29H29BrN8O5/c1-14(40)26-18-6-19(16-9-31-15(2)32-10-16)33-11-21(18)37(36-26)12-25(42)38-20(7-29(3)8-23(29)38)28(43)35-27-17(22(41)13-39)4-5-24(30)34-27/h4-6,9-11,20,22-23,39,41H,7-8,12-13H2,1-3H3,(H,34,35,43)/t20-,22?,23+,29-/m0/s1. The van der Waals surface area contributed by atoms with Gasteiger partial charge in [-0.25, -0.2) is 15.0 Å². The third kappa shape index (κ3) is 5.30. The molecule has 2 fully saturated rings. The lowest BCUT2D eigenvalue weighted by Crippen LogP contribution is -2.47. The van der Waals surface area contributed by atoms with Gasteiger partial charge in [0.2, 0.25) is 11.8 Å². The van der Waals surface area contributed by atoms with Gasteiger partial charge in [-0.15, -0.1) is 0 Å². The summed E-state index contributed by atoms with van der Waals surface area (Å²) < 4.78 is 1.89. The number of nitrogens with zero attached hydrogens (tertiary/aromatic N) is 7. The number of pyridine rings is 2. The second-order valence-corrected chi connectivity index (χ2v) is 12.1. The lowest BCUT2D eigenvalue weighted by Gasteiger charge is -2.27. The summed E-state index contributed by atoms with van der Waals surface area (Å²) in [5.41, 5.74) is 2.03. The Balaban J connectivity index is 1.28. The van der Waals surface area contributed by atoms with E-state index in [1.165, 1.54) is 11.6 Å². The third-order valence-electron chi connectivity index (χ3n) is 8.22. The Morgan fingerprint density at radius 3 is 2.60 bits per heavy atom. The first-order valence-corrected chi connectivity index (χ1v) is 14.5. The molecule has 1 aliphatic heterocycles. The van der Waals surface area contributed by atoms with E-state index in [9.17, 15) is 24.6 Å². The molecule has 3 N–H and O–H groups in total. The number of aryl methyl sites for hydroxylation is 1. The number of aromatic nitrogens is 6. The summed E-state index contributed by atoms with van der Waals surface area (Å²) in [6.45, 7) is 4.50. The van der Waals surface area contributed by atoms with Crippen LogP contribution in [0, 0.1) is 12.3 Å². The van der Waals surface area contributed by atoms with E-state index in [2.05, 4.69) is 46.3 Å². The molecule has 1 aliphatic carbocycles. The fourth-order valence-corrected chi connectivity index (χ4v) is 6.13. The first kappa shape index (κ1) is 29.0. The SMILES string of the molecule is CC(=O)c1nn(CC(=O)N2[C@H](C(=O)Nc3nc(Br)ccc3C(O)CO)C[C@@]3(C)C[C@@H]23)c2cnc(-c3cnc(C)nc3)cc12. The van der Waals surface area contributed by atoms with Gasteiger partial charge in [-0.05, 0) is 59.3 Å². The van der Waals surface area contributed by atoms with Crippen LogP contribution >= 0.6 is 15.9 Å². The van der Waals surface area contributed by atoms with Crippen molar-refractivity contribution >= 4 is 50.2 Å². The number of carbonyl (C=O) groups is 3. The Bertz CT molecular complexity index is 1780. The number of fused-ring (bicyclic) bond motifs is 2. The minimum absolute atomic E-state index is 0.101. The van der Waals surface area contributed by atoms with Crippen molar-refractivity contribution in [1.82, 2.24) is 34.6 Å². The minimum atomic E-state index is -1.24. The number of Topliss-reactive ketones (excluding diaryl/α,β-unsaturated/α-hetero) is 1. The van der Waals surface area contributed by atoms with Crippen molar-refractivity contribution in [1.29, 1.82) is 0 Å². The molecule has 43 heavy (non-hydrogen) atoms. The Hall–Kier alpha value is -4.14. The van der Waals surface area contributed by atoms with Gasteiger partial charge in [-0.3, -0.25) is 24.0 Å². The van der Waals surface area contributed by atoms with E-state index >= 15 is 0 Å². The molecule has 0 aromatic carbocycles. The van der Waals surface area contributed by atoms with Crippen LogP contribution in [0.25, 0.3) is 22.2 Å². The third-order valence-corrected chi connectivity index (χ3v) is 8.67. The average molecular weight is 650 g/mol. The number of piperidine rings is 1. The molecular weight excluding hydrogens is 620 g/mol. The second-order valence-electron chi connectivity index (χ2n) is 11.3. The molecule has 2 aliphatic rings. The zero-order chi connectivity index (χ0) is 30.6. The Labute approximate surface area is 254 Å². The van der Waals surface area contributed by atoms with E-state index in [4.69, 9.17) is 0 Å². The summed E-state index contributed by atoms with van der Waals surface area (Å²) in [4.78, 5) is 58.8. The Morgan fingerprint density at radius 2 is 1.91 bits per heavy atom. The summed E-state index contributed by atoms with van der Waals surface area (Å²) >= 11 is 3.27. The molecule has 0 bridgehead atoms. The maximum Gasteiger partial charge on any atom is 0.248 e. The van der Waals surface area contributed by atoms with Gasteiger partial charge in [-0.1, -0.05) is 6.92 Å². The average Bonchev–Trinajstić information content (AvgIpc) is 3.34. The number of likely N-dealkylation sites (tertiary alicyclic amines) is 1. The number of hydrogen-bond donors (Lipinski definition) is 3. The fraction of sp³-hybridized carbons (Fsp3) is 0.379. The highest BCUT2D eigenvalue weighted by Crippen LogP contribution is 2.59. The largest absolute Gasteiger partial charge is 0.393 e. The lowest BCUT2D eigenvalue weighted by molar-refractivity contribution is -0.138. The van der Waals surface area contributed by atoms with E-state index in [1.807, 2.05) is 6.92 Å². The highest BCUT2D eigenvalue weighted by atomic mass is 79.9. The van der Waals surface area contributed by atoms with E-state index in [0.29, 0.717) is 39.0 Å². The minimum Gasteiger partial charge on any atom is -0.393 e. The number of halogens is 1. The van der Waals surface area contributed by atoms with Gasteiger partial charge in [0.05, 0.1) is 24.0 Å². The van der Waals surface area contributed by atoms with Crippen molar-refractivity contribution in [2.24, 2.45) is 5.41 Å². The molecule has 4 aromatic rings. The van der Waals surface area contributed by atoms with Gasteiger partial charge < -0.3 is 20.4 Å². The molecule has 6 rings (SSSR count). The molecule has 1 saturated carbocycles. The molecule has 2 amide bonds. The van der Waals surface area contributed by atoms with Gasteiger partial charge in [0.1, 0.15) is 40.6 Å². The maximum absolute atomic E-state index is 13.8. The molecule has 0 spiro atoms. The van der Waals surface area contributed by atoms with Crippen LogP contribution in [-0.4, -0.2) is 81.1 Å². The summed E-state index contributed by atoms with van der Waals surface area (Å²) in [5.74, 6) is -0.301. The molecule has 0 radical (unpaired) electrons. The van der Waals surface area contributed by atoms with Crippen LogP contribution in [0.4, 0.5) is 5.82 Å². The zero-order valence-electron chi connectivity index (χ0n) is 23.7. The predicted octanol–water partition coefficient (Wildman–Crippen LogP) is 2.60. The molecule has 222 valence electrons. The molecule has 1 unspecified atom stereocenters. The van der Waals surface area contributed by atoms with Crippen molar-refractivity contribution in [3.63, 3.8) is 0 Å². The number of aliphatic hydroxyl groups is 2. The maximum atomic E-state index is 13.8. The Kier molecular flexibility index (Phi) is 7.30. The first-order valence-electron chi connectivity index (χ1n) is 13.7. The van der Waals surface area contributed by atoms with Gasteiger partial charge >= 0.3 is 0 Å². The zero-order valence-corrected chi connectivity index (χ0v) is 25.2. The van der Waals surface area contributed by atoms with Gasteiger partial charge in [0, 0.05) is 41.9 Å². The van der Waals surface area contributed by atoms with Gasteiger partial charge in [0.15, 0.2) is 5.78 Å². The summed E-state index contributed by atoms with van der Waals surface area (Å²) in [5, 5.41) is 27.5. The van der Waals surface area contributed by atoms with Crippen molar-refractivity contribution in [3.8, 4) is 11.3 Å². The highest BCUT2D eigenvalue weighted by molar-refractivity contribution is 9.10. The molecule has 5 heterocycles. The van der Waals surface area contributed by atoms with Crippen LogP contribution in [0.3, 0.4) is 0 Å².